The van der Waals surface area contributed by atoms with E-state index in [0.717, 1.165) is 31.5 Å². The highest BCUT2D eigenvalue weighted by Gasteiger charge is 2.02. The van der Waals surface area contributed by atoms with Crippen molar-refractivity contribution in [2.45, 2.75) is 27.2 Å². The molecule has 0 saturated carbocycles. The highest BCUT2D eigenvalue weighted by molar-refractivity contribution is 5.72. The first-order valence-corrected chi connectivity index (χ1v) is 4.16. The second kappa shape index (κ2) is 5.96. The summed E-state index contributed by atoms with van der Waals surface area (Å²) in [5, 5.41) is 0. The second-order valence-corrected chi connectivity index (χ2v) is 2.41. The third-order valence-electron chi connectivity index (χ3n) is 1.66. The molecule has 64 valence electrons. The van der Waals surface area contributed by atoms with Gasteiger partial charge in [0.05, 0.1) is 5.70 Å². The van der Waals surface area contributed by atoms with Gasteiger partial charge < -0.3 is 4.90 Å². The number of rotatable bonds is 5. The summed E-state index contributed by atoms with van der Waals surface area (Å²) in [4.78, 5) is 12.6. The summed E-state index contributed by atoms with van der Waals surface area (Å²) in [5.74, 6) is 0. The maximum absolute atomic E-state index is 10.5. The molecular formula is C9H17NO. The van der Waals surface area contributed by atoms with Crippen LogP contribution in [-0.2, 0) is 4.79 Å². The summed E-state index contributed by atoms with van der Waals surface area (Å²) >= 11 is 0. The van der Waals surface area contributed by atoms with Gasteiger partial charge in [-0.2, -0.15) is 0 Å². The van der Waals surface area contributed by atoms with Crippen molar-refractivity contribution in [1.29, 1.82) is 0 Å². The Hall–Kier alpha value is -0.790. The number of allylic oxidation sites excluding steroid dienone is 2. The fourth-order valence-corrected chi connectivity index (χ4v) is 1.06. The van der Waals surface area contributed by atoms with Crippen molar-refractivity contribution in [1.82, 2.24) is 4.90 Å². The Morgan fingerprint density at radius 2 is 2.09 bits per heavy atom. The lowest BCUT2D eigenvalue weighted by atomic mass is 10.3. The van der Waals surface area contributed by atoms with Crippen molar-refractivity contribution in [2.75, 3.05) is 13.1 Å². The van der Waals surface area contributed by atoms with Crippen LogP contribution in [0.1, 0.15) is 27.2 Å². The molecule has 0 atom stereocenters. The number of aldehydes is 1. The van der Waals surface area contributed by atoms with Crippen molar-refractivity contribution in [2.24, 2.45) is 0 Å². The largest absolute Gasteiger partial charge is 0.369 e. The normalized spacial score (nSPS) is 11.4. The first kappa shape index (κ1) is 10.2. The van der Waals surface area contributed by atoms with E-state index in [1.54, 1.807) is 0 Å². The van der Waals surface area contributed by atoms with Crippen LogP contribution >= 0.6 is 0 Å². The minimum absolute atomic E-state index is 0.800. The van der Waals surface area contributed by atoms with Gasteiger partial charge >= 0.3 is 0 Å². The minimum Gasteiger partial charge on any atom is -0.369 e. The number of hydrogen-bond donors (Lipinski definition) is 0. The van der Waals surface area contributed by atoms with Crippen LogP contribution in [0.25, 0.3) is 0 Å². The first-order valence-electron chi connectivity index (χ1n) is 4.16. The second-order valence-electron chi connectivity index (χ2n) is 2.41. The van der Waals surface area contributed by atoms with Gasteiger partial charge in [-0.1, -0.05) is 13.0 Å². The molecule has 0 aromatic carbocycles. The molecule has 0 radical (unpaired) electrons. The van der Waals surface area contributed by atoms with Gasteiger partial charge in [0.15, 0.2) is 6.29 Å². The van der Waals surface area contributed by atoms with E-state index in [1.807, 2.05) is 13.0 Å². The molecule has 0 aliphatic heterocycles. The fourth-order valence-electron chi connectivity index (χ4n) is 1.06. The molecule has 2 heteroatoms. The predicted octanol–water partition coefficient (Wildman–Crippen LogP) is 1.82. The van der Waals surface area contributed by atoms with Crippen molar-refractivity contribution >= 4 is 6.29 Å². The summed E-state index contributed by atoms with van der Waals surface area (Å²) in [5.41, 5.74) is 0.800. The number of nitrogens with zero attached hydrogens (tertiary/aromatic N) is 1. The third-order valence-corrected chi connectivity index (χ3v) is 1.66. The summed E-state index contributed by atoms with van der Waals surface area (Å²) in [6, 6.07) is 0. The average Bonchev–Trinajstić information content (AvgIpc) is 2.05. The monoisotopic (exact) mass is 155 g/mol. The van der Waals surface area contributed by atoms with Gasteiger partial charge in [0.25, 0.3) is 0 Å². The lowest BCUT2D eigenvalue weighted by molar-refractivity contribution is -0.106. The van der Waals surface area contributed by atoms with E-state index in [2.05, 4.69) is 18.7 Å². The molecule has 0 aliphatic carbocycles. The lowest BCUT2D eigenvalue weighted by Gasteiger charge is -2.21. The predicted molar refractivity (Wildman–Crippen MR) is 47.4 cm³/mol. The molecule has 0 heterocycles. The Labute approximate surface area is 68.9 Å². The molecule has 0 saturated heterocycles. The Balaban J connectivity index is 4.09. The molecule has 11 heavy (non-hydrogen) atoms. The Kier molecular flexibility index (Phi) is 5.53. The Morgan fingerprint density at radius 1 is 1.45 bits per heavy atom. The van der Waals surface area contributed by atoms with Gasteiger partial charge in [0.2, 0.25) is 0 Å². The van der Waals surface area contributed by atoms with E-state index in [1.165, 1.54) is 0 Å². The zero-order valence-electron chi connectivity index (χ0n) is 7.63. The minimum atomic E-state index is 0.800. The number of likely N-dealkylation sites (N-methyl/N-ethyl adjacent to an activating group) is 1. The Morgan fingerprint density at radius 3 is 2.36 bits per heavy atom. The first-order chi connectivity index (χ1) is 5.29. The zero-order chi connectivity index (χ0) is 8.69. The van der Waals surface area contributed by atoms with Crippen LogP contribution in [0, 0.1) is 0 Å². The molecule has 0 fully saturated rings. The topological polar surface area (TPSA) is 20.3 Å². The Bertz CT molecular complexity index is 140. The van der Waals surface area contributed by atoms with E-state index in [4.69, 9.17) is 0 Å². The summed E-state index contributed by atoms with van der Waals surface area (Å²) < 4.78 is 0. The maximum Gasteiger partial charge on any atom is 0.165 e. The summed E-state index contributed by atoms with van der Waals surface area (Å²) in [6.45, 7) is 7.94. The molecule has 0 aromatic heterocycles. The van der Waals surface area contributed by atoms with E-state index in [0.29, 0.717) is 0 Å². The molecule has 0 bridgehead atoms. The van der Waals surface area contributed by atoms with Crippen LogP contribution < -0.4 is 0 Å². The quantitative estimate of drug-likeness (QED) is 0.446. The molecule has 0 rings (SSSR count). The maximum atomic E-state index is 10.5. The van der Waals surface area contributed by atoms with E-state index < -0.39 is 0 Å². The fraction of sp³-hybridized carbons (Fsp3) is 0.667. The molecule has 0 aliphatic rings. The number of hydrogen-bond acceptors (Lipinski definition) is 2. The molecule has 0 unspecified atom stereocenters. The molecule has 0 N–H and O–H groups in total. The highest BCUT2D eigenvalue weighted by Crippen LogP contribution is 2.01. The lowest BCUT2D eigenvalue weighted by Crippen LogP contribution is -2.24. The molecule has 2 nitrogen and oxygen atoms in total. The summed E-state index contributed by atoms with van der Waals surface area (Å²) in [6.07, 6.45) is 3.85. The molecular weight excluding hydrogens is 138 g/mol. The average molecular weight is 155 g/mol. The van der Waals surface area contributed by atoms with E-state index in [-0.39, 0.29) is 0 Å². The van der Waals surface area contributed by atoms with Gasteiger partial charge in [0, 0.05) is 13.1 Å². The van der Waals surface area contributed by atoms with Crippen molar-refractivity contribution in [3.8, 4) is 0 Å². The smallest absolute Gasteiger partial charge is 0.165 e. The van der Waals surface area contributed by atoms with Crippen LogP contribution in [0.2, 0.25) is 0 Å². The molecule has 0 spiro atoms. The standard InChI is InChI=1S/C9H17NO/c1-4-7-10(6-3)9(5-2)8-11/h5,8H,4,6-7H2,1-3H3. The van der Waals surface area contributed by atoms with Gasteiger partial charge in [-0.25, -0.2) is 0 Å². The van der Waals surface area contributed by atoms with E-state index >= 15 is 0 Å². The highest BCUT2D eigenvalue weighted by atomic mass is 16.1. The van der Waals surface area contributed by atoms with Gasteiger partial charge in [-0.15, -0.1) is 0 Å². The SMILES string of the molecule is CC=C(C=O)N(CC)CCC. The molecule has 0 aromatic rings. The van der Waals surface area contributed by atoms with Crippen LogP contribution in [0.15, 0.2) is 11.8 Å². The number of carbonyl (C=O) groups excluding carboxylic acids is 1. The van der Waals surface area contributed by atoms with Crippen LogP contribution in [-0.4, -0.2) is 24.3 Å². The van der Waals surface area contributed by atoms with Gasteiger partial charge in [-0.05, 0) is 20.3 Å². The van der Waals surface area contributed by atoms with Crippen LogP contribution in [0.4, 0.5) is 0 Å². The van der Waals surface area contributed by atoms with Crippen LogP contribution in [0.3, 0.4) is 0 Å². The van der Waals surface area contributed by atoms with Crippen LogP contribution in [0.5, 0.6) is 0 Å². The van der Waals surface area contributed by atoms with Crippen molar-refractivity contribution in [3.63, 3.8) is 0 Å². The molecule has 0 amide bonds. The number of carbonyl (C=O) groups is 1. The van der Waals surface area contributed by atoms with Gasteiger partial charge in [0.1, 0.15) is 0 Å². The zero-order valence-corrected chi connectivity index (χ0v) is 7.63. The summed E-state index contributed by atoms with van der Waals surface area (Å²) in [7, 11) is 0. The van der Waals surface area contributed by atoms with E-state index in [9.17, 15) is 4.79 Å². The van der Waals surface area contributed by atoms with Crippen molar-refractivity contribution < 1.29 is 4.79 Å². The third kappa shape index (κ3) is 3.21. The van der Waals surface area contributed by atoms with Gasteiger partial charge in [-0.3, -0.25) is 4.79 Å². The van der Waals surface area contributed by atoms with Crippen molar-refractivity contribution in [3.05, 3.63) is 11.8 Å².